The molecule has 2 nitrogen and oxygen atoms in total. The van der Waals surface area contributed by atoms with Gasteiger partial charge in [0.25, 0.3) is 0 Å². The van der Waals surface area contributed by atoms with E-state index in [0.717, 1.165) is 12.8 Å². The van der Waals surface area contributed by atoms with Gasteiger partial charge in [-0.2, -0.15) is 11.8 Å². The van der Waals surface area contributed by atoms with Crippen molar-refractivity contribution in [1.29, 1.82) is 0 Å². The van der Waals surface area contributed by atoms with Crippen LogP contribution in [0.3, 0.4) is 0 Å². The van der Waals surface area contributed by atoms with Crippen LogP contribution in [0.5, 0.6) is 0 Å². The molecule has 1 heterocycles. The van der Waals surface area contributed by atoms with E-state index in [0.29, 0.717) is 13.0 Å². The van der Waals surface area contributed by atoms with E-state index in [1.54, 1.807) is 0 Å². The third-order valence-electron chi connectivity index (χ3n) is 3.37. The SMILES string of the molecule is O=C1CCCCCCCCCCSCCCCO1. The van der Waals surface area contributed by atoms with Gasteiger partial charge < -0.3 is 4.74 Å². The van der Waals surface area contributed by atoms with Gasteiger partial charge in [-0.3, -0.25) is 4.79 Å². The molecule has 106 valence electrons. The second-order valence-corrected chi connectivity index (χ2v) is 6.34. The van der Waals surface area contributed by atoms with E-state index in [9.17, 15) is 4.79 Å². The number of thioether (sulfide) groups is 1. The molecule has 0 bridgehead atoms. The summed E-state index contributed by atoms with van der Waals surface area (Å²) in [6.45, 7) is 0.624. The summed E-state index contributed by atoms with van der Waals surface area (Å²) in [6, 6.07) is 0. The van der Waals surface area contributed by atoms with E-state index in [4.69, 9.17) is 4.74 Å². The van der Waals surface area contributed by atoms with Gasteiger partial charge >= 0.3 is 5.97 Å². The summed E-state index contributed by atoms with van der Waals surface area (Å²) >= 11 is 2.05. The fourth-order valence-electron chi connectivity index (χ4n) is 2.20. The van der Waals surface area contributed by atoms with Crippen LogP contribution in [0.1, 0.15) is 70.6 Å². The number of carbonyl (C=O) groups is 1. The number of esters is 1. The van der Waals surface area contributed by atoms with Crippen LogP contribution in [0.2, 0.25) is 0 Å². The standard InChI is InChI=1S/C15H28O2S/c16-15-11-7-5-3-1-2-4-6-9-13-18-14-10-8-12-17-15/h1-14H2. The van der Waals surface area contributed by atoms with E-state index < -0.39 is 0 Å². The van der Waals surface area contributed by atoms with Crippen molar-refractivity contribution in [3.05, 3.63) is 0 Å². The quantitative estimate of drug-likeness (QED) is 0.604. The number of hydrogen-bond acceptors (Lipinski definition) is 3. The van der Waals surface area contributed by atoms with Gasteiger partial charge in [-0.15, -0.1) is 0 Å². The molecule has 1 rings (SSSR count). The number of cyclic esters (lactones) is 1. The van der Waals surface area contributed by atoms with Crippen molar-refractivity contribution in [2.45, 2.75) is 70.6 Å². The van der Waals surface area contributed by atoms with Crippen molar-refractivity contribution in [2.24, 2.45) is 0 Å². The van der Waals surface area contributed by atoms with Crippen LogP contribution in [-0.4, -0.2) is 24.1 Å². The van der Waals surface area contributed by atoms with Gasteiger partial charge in [-0.05, 0) is 37.2 Å². The lowest BCUT2D eigenvalue weighted by atomic mass is 10.1. The lowest BCUT2D eigenvalue weighted by molar-refractivity contribution is -0.143. The van der Waals surface area contributed by atoms with E-state index in [2.05, 4.69) is 11.8 Å². The molecule has 0 spiro atoms. The van der Waals surface area contributed by atoms with Crippen LogP contribution in [-0.2, 0) is 9.53 Å². The summed E-state index contributed by atoms with van der Waals surface area (Å²) in [4.78, 5) is 11.4. The topological polar surface area (TPSA) is 26.3 Å². The molecule has 0 saturated carbocycles. The number of carbonyl (C=O) groups excluding carboxylic acids is 1. The van der Waals surface area contributed by atoms with Crippen molar-refractivity contribution >= 4 is 17.7 Å². The Morgan fingerprint density at radius 2 is 1.28 bits per heavy atom. The molecule has 0 aromatic rings. The summed E-state index contributed by atoms with van der Waals surface area (Å²) in [5.41, 5.74) is 0. The summed E-state index contributed by atoms with van der Waals surface area (Å²) in [6.07, 6.45) is 13.2. The number of hydrogen-bond donors (Lipinski definition) is 0. The Morgan fingerprint density at radius 1 is 0.722 bits per heavy atom. The minimum atomic E-state index is 0.00645. The fourth-order valence-corrected chi connectivity index (χ4v) is 3.22. The third kappa shape index (κ3) is 9.81. The maximum Gasteiger partial charge on any atom is 0.305 e. The average Bonchev–Trinajstić information content (AvgIpc) is 2.37. The predicted octanol–water partition coefficient (Wildman–Crippen LogP) is 4.57. The molecule has 0 amide bonds. The summed E-state index contributed by atoms with van der Waals surface area (Å²) in [7, 11) is 0. The Morgan fingerprint density at radius 3 is 2.00 bits per heavy atom. The van der Waals surface area contributed by atoms with Gasteiger partial charge in [0, 0.05) is 6.42 Å². The van der Waals surface area contributed by atoms with Crippen LogP contribution in [0.15, 0.2) is 0 Å². The molecule has 3 heteroatoms. The molecule has 0 aromatic heterocycles. The highest BCUT2D eigenvalue weighted by Crippen LogP contribution is 2.13. The summed E-state index contributed by atoms with van der Waals surface area (Å²) < 4.78 is 5.22. The minimum Gasteiger partial charge on any atom is -0.466 e. The van der Waals surface area contributed by atoms with Gasteiger partial charge in [0.15, 0.2) is 0 Å². The summed E-state index contributed by atoms with van der Waals surface area (Å²) in [5, 5.41) is 0. The highest BCUT2D eigenvalue weighted by atomic mass is 32.2. The molecule has 1 aliphatic rings. The van der Waals surface area contributed by atoms with E-state index >= 15 is 0 Å². The zero-order chi connectivity index (χ0) is 12.9. The van der Waals surface area contributed by atoms with Crippen LogP contribution in [0.25, 0.3) is 0 Å². The fraction of sp³-hybridized carbons (Fsp3) is 0.933. The largest absolute Gasteiger partial charge is 0.466 e. The van der Waals surface area contributed by atoms with Gasteiger partial charge in [-0.1, -0.05) is 38.5 Å². The first-order valence-electron chi connectivity index (χ1n) is 7.63. The van der Waals surface area contributed by atoms with Crippen molar-refractivity contribution in [3.63, 3.8) is 0 Å². The molecule has 0 N–H and O–H groups in total. The highest BCUT2D eigenvalue weighted by molar-refractivity contribution is 7.99. The zero-order valence-electron chi connectivity index (χ0n) is 11.6. The average molecular weight is 272 g/mol. The van der Waals surface area contributed by atoms with Crippen LogP contribution in [0.4, 0.5) is 0 Å². The van der Waals surface area contributed by atoms with Crippen LogP contribution >= 0.6 is 11.8 Å². The predicted molar refractivity (Wildman–Crippen MR) is 79.1 cm³/mol. The van der Waals surface area contributed by atoms with Crippen molar-refractivity contribution in [2.75, 3.05) is 18.1 Å². The molecule has 0 aliphatic carbocycles. The number of rotatable bonds is 0. The molecule has 18 heavy (non-hydrogen) atoms. The van der Waals surface area contributed by atoms with E-state index in [-0.39, 0.29) is 5.97 Å². The molecule has 1 aliphatic heterocycles. The lowest BCUT2D eigenvalue weighted by Crippen LogP contribution is -2.05. The first-order chi connectivity index (χ1) is 8.89. The van der Waals surface area contributed by atoms with Crippen LogP contribution < -0.4 is 0 Å². The van der Waals surface area contributed by atoms with E-state index in [1.165, 1.54) is 62.9 Å². The lowest BCUT2D eigenvalue weighted by Gasteiger charge is -2.04. The van der Waals surface area contributed by atoms with E-state index in [1.807, 2.05) is 0 Å². The van der Waals surface area contributed by atoms with Gasteiger partial charge in [0.05, 0.1) is 6.61 Å². The molecular weight excluding hydrogens is 244 g/mol. The first kappa shape index (κ1) is 15.9. The molecule has 0 aromatic carbocycles. The Labute approximate surface area is 116 Å². The minimum absolute atomic E-state index is 0.00645. The molecule has 0 unspecified atom stereocenters. The Balaban J connectivity index is 2.11. The Hall–Kier alpha value is -0.180. The van der Waals surface area contributed by atoms with Gasteiger partial charge in [-0.25, -0.2) is 0 Å². The molecule has 1 saturated heterocycles. The molecular formula is C15H28O2S. The van der Waals surface area contributed by atoms with Crippen LogP contribution in [0, 0.1) is 0 Å². The summed E-state index contributed by atoms with van der Waals surface area (Å²) in [5.74, 6) is 2.53. The van der Waals surface area contributed by atoms with Crippen molar-refractivity contribution in [3.8, 4) is 0 Å². The normalized spacial score (nSPS) is 23.0. The smallest absolute Gasteiger partial charge is 0.305 e. The van der Waals surface area contributed by atoms with Crippen molar-refractivity contribution in [1.82, 2.24) is 0 Å². The monoisotopic (exact) mass is 272 g/mol. The second-order valence-electron chi connectivity index (χ2n) is 5.12. The second kappa shape index (κ2) is 11.9. The third-order valence-corrected chi connectivity index (χ3v) is 4.52. The Bertz CT molecular complexity index is 187. The highest BCUT2D eigenvalue weighted by Gasteiger charge is 2.02. The first-order valence-corrected chi connectivity index (χ1v) is 8.78. The molecule has 1 fully saturated rings. The maximum absolute atomic E-state index is 11.4. The van der Waals surface area contributed by atoms with Crippen molar-refractivity contribution < 1.29 is 9.53 Å². The molecule has 0 radical (unpaired) electrons. The Kier molecular flexibility index (Phi) is 10.5. The maximum atomic E-state index is 11.4. The van der Waals surface area contributed by atoms with Gasteiger partial charge in [0.1, 0.15) is 0 Å². The molecule has 0 atom stereocenters. The van der Waals surface area contributed by atoms with Gasteiger partial charge in [0.2, 0.25) is 0 Å². The zero-order valence-corrected chi connectivity index (χ0v) is 12.4. The number of ether oxygens (including phenoxy) is 1.